The molecule has 0 bridgehead atoms. The van der Waals surface area contributed by atoms with Crippen molar-refractivity contribution in [2.24, 2.45) is 0 Å². The summed E-state index contributed by atoms with van der Waals surface area (Å²) in [5.74, 6) is 2.03. The molecule has 1 N–H and O–H groups in total. The summed E-state index contributed by atoms with van der Waals surface area (Å²) in [5, 5.41) is 3.21. The van der Waals surface area contributed by atoms with E-state index >= 15 is 0 Å². The van der Waals surface area contributed by atoms with Crippen molar-refractivity contribution in [1.29, 1.82) is 0 Å². The molecular formula is C13H18BrNO4S. The molecule has 1 aromatic rings. The third-order valence-corrected chi connectivity index (χ3v) is 5.55. The van der Waals surface area contributed by atoms with Gasteiger partial charge in [-0.1, -0.05) is 0 Å². The van der Waals surface area contributed by atoms with Crippen molar-refractivity contribution in [2.75, 3.05) is 31.8 Å². The van der Waals surface area contributed by atoms with E-state index < -0.39 is 9.84 Å². The van der Waals surface area contributed by atoms with E-state index in [0.29, 0.717) is 19.6 Å². The Morgan fingerprint density at radius 1 is 1.45 bits per heavy atom. The highest BCUT2D eigenvalue weighted by Crippen LogP contribution is 2.28. The molecule has 1 fully saturated rings. The van der Waals surface area contributed by atoms with Crippen molar-refractivity contribution in [2.45, 2.75) is 12.5 Å². The molecule has 0 aromatic heterocycles. The topological polar surface area (TPSA) is 64.6 Å². The average molecular weight is 364 g/mol. The molecular weight excluding hydrogens is 346 g/mol. The highest BCUT2D eigenvalue weighted by Gasteiger charge is 2.27. The van der Waals surface area contributed by atoms with Crippen molar-refractivity contribution in [3.63, 3.8) is 0 Å². The van der Waals surface area contributed by atoms with Crippen LogP contribution in [0.3, 0.4) is 0 Å². The highest BCUT2D eigenvalue weighted by atomic mass is 79.9. The van der Waals surface area contributed by atoms with Gasteiger partial charge in [0.05, 0.1) is 23.1 Å². The number of halogens is 1. The smallest absolute Gasteiger partial charge is 0.151 e. The molecule has 1 atom stereocenters. The van der Waals surface area contributed by atoms with E-state index in [0.717, 1.165) is 16.0 Å². The molecule has 0 aliphatic carbocycles. The van der Waals surface area contributed by atoms with Gasteiger partial charge in [-0.05, 0) is 40.5 Å². The van der Waals surface area contributed by atoms with Gasteiger partial charge in [-0.25, -0.2) is 8.42 Å². The Balaban J connectivity index is 1.74. The van der Waals surface area contributed by atoms with Crippen LogP contribution in [0.1, 0.15) is 6.42 Å². The normalized spacial score (nSPS) is 20.8. The third kappa shape index (κ3) is 4.36. The van der Waals surface area contributed by atoms with Gasteiger partial charge in [-0.3, -0.25) is 0 Å². The standard InChI is InChI=1S/C13H18BrNO4S/c1-18-11-2-3-13(12(14)8-11)19-6-5-15-10-4-7-20(16,17)9-10/h2-3,8,10,15H,4-7,9H2,1H3. The third-order valence-electron chi connectivity index (χ3n) is 3.16. The van der Waals surface area contributed by atoms with Gasteiger partial charge in [-0.2, -0.15) is 0 Å². The van der Waals surface area contributed by atoms with Gasteiger partial charge in [0, 0.05) is 12.6 Å². The maximum Gasteiger partial charge on any atom is 0.151 e. The second-order valence-corrected chi connectivity index (χ2v) is 7.78. The molecule has 5 nitrogen and oxygen atoms in total. The summed E-state index contributed by atoms with van der Waals surface area (Å²) >= 11 is 3.42. The minimum atomic E-state index is -2.82. The van der Waals surface area contributed by atoms with Gasteiger partial charge in [0.15, 0.2) is 9.84 Å². The van der Waals surface area contributed by atoms with Crippen LogP contribution in [-0.2, 0) is 9.84 Å². The van der Waals surface area contributed by atoms with Gasteiger partial charge in [0.25, 0.3) is 0 Å². The van der Waals surface area contributed by atoms with Crippen LogP contribution in [0.25, 0.3) is 0 Å². The number of hydrogen-bond donors (Lipinski definition) is 1. The SMILES string of the molecule is COc1ccc(OCCNC2CCS(=O)(=O)C2)c(Br)c1. The first-order chi connectivity index (χ1) is 9.50. The predicted molar refractivity (Wildman–Crippen MR) is 81.3 cm³/mol. The molecule has 7 heteroatoms. The number of hydrogen-bond acceptors (Lipinski definition) is 5. The monoisotopic (exact) mass is 363 g/mol. The summed E-state index contributed by atoms with van der Waals surface area (Å²) in [6.45, 7) is 1.11. The lowest BCUT2D eigenvalue weighted by Gasteiger charge is -2.12. The number of sulfone groups is 1. The minimum Gasteiger partial charge on any atom is -0.497 e. The van der Waals surface area contributed by atoms with Crippen molar-refractivity contribution >= 4 is 25.8 Å². The molecule has 0 spiro atoms. The molecule has 1 aromatic carbocycles. The molecule has 0 amide bonds. The fourth-order valence-electron chi connectivity index (χ4n) is 2.11. The number of nitrogens with one attached hydrogen (secondary N) is 1. The van der Waals surface area contributed by atoms with E-state index in [1.165, 1.54) is 0 Å². The van der Waals surface area contributed by atoms with Gasteiger partial charge >= 0.3 is 0 Å². The van der Waals surface area contributed by atoms with Crippen molar-refractivity contribution in [3.8, 4) is 11.5 Å². The maximum atomic E-state index is 11.3. The summed E-state index contributed by atoms with van der Waals surface area (Å²) in [5.41, 5.74) is 0. The zero-order chi connectivity index (χ0) is 14.6. The number of benzene rings is 1. The fourth-order valence-corrected chi connectivity index (χ4v) is 4.29. The second kappa shape index (κ2) is 6.78. The highest BCUT2D eigenvalue weighted by molar-refractivity contribution is 9.10. The lowest BCUT2D eigenvalue weighted by Crippen LogP contribution is -2.33. The lowest BCUT2D eigenvalue weighted by molar-refractivity contribution is 0.305. The molecule has 1 unspecified atom stereocenters. The molecule has 1 aliphatic rings. The molecule has 1 saturated heterocycles. The number of methoxy groups -OCH3 is 1. The summed E-state index contributed by atoms with van der Waals surface area (Å²) in [6, 6.07) is 5.56. The van der Waals surface area contributed by atoms with Crippen LogP contribution in [0.2, 0.25) is 0 Å². The first-order valence-corrected chi connectivity index (χ1v) is 9.02. The van der Waals surface area contributed by atoms with Gasteiger partial charge in [0.1, 0.15) is 18.1 Å². The van der Waals surface area contributed by atoms with Crippen LogP contribution in [0.4, 0.5) is 0 Å². The second-order valence-electron chi connectivity index (χ2n) is 4.70. The largest absolute Gasteiger partial charge is 0.497 e. The van der Waals surface area contributed by atoms with Crippen molar-refractivity contribution < 1.29 is 17.9 Å². The minimum absolute atomic E-state index is 0.0582. The number of rotatable bonds is 6. The Bertz CT molecular complexity index is 561. The first kappa shape index (κ1) is 15.6. The van der Waals surface area contributed by atoms with E-state index in [2.05, 4.69) is 21.2 Å². The Labute approximate surface area is 127 Å². The Morgan fingerprint density at radius 2 is 2.25 bits per heavy atom. The van der Waals surface area contributed by atoms with Crippen LogP contribution < -0.4 is 14.8 Å². The van der Waals surface area contributed by atoms with Gasteiger partial charge < -0.3 is 14.8 Å². The summed E-state index contributed by atoms with van der Waals surface area (Å²) in [6.07, 6.45) is 0.689. The summed E-state index contributed by atoms with van der Waals surface area (Å²) in [7, 11) is -1.21. The predicted octanol–water partition coefficient (Wildman–Crippen LogP) is 1.61. The van der Waals surface area contributed by atoms with Gasteiger partial charge in [-0.15, -0.1) is 0 Å². The molecule has 0 saturated carbocycles. The van der Waals surface area contributed by atoms with Crippen LogP contribution in [-0.4, -0.2) is 46.2 Å². The van der Waals surface area contributed by atoms with E-state index in [1.54, 1.807) is 7.11 Å². The van der Waals surface area contributed by atoms with Crippen molar-refractivity contribution in [1.82, 2.24) is 5.32 Å². The Morgan fingerprint density at radius 3 is 2.85 bits per heavy atom. The zero-order valence-electron chi connectivity index (χ0n) is 11.3. The quantitative estimate of drug-likeness (QED) is 0.777. The molecule has 2 rings (SSSR count). The molecule has 0 radical (unpaired) electrons. The Kier molecular flexibility index (Phi) is 5.29. The average Bonchev–Trinajstić information content (AvgIpc) is 2.75. The molecule has 112 valence electrons. The van der Waals surface area contributed by atoms with Crippen LogP contribution in [0.15, 0.2) is 22.7 Å². The van der Waals surface area contributed by atoms with Crippen LogP contribution >= 0.6 is 15.9 Å². The molecule has 20 heavy (non-hydrogen) atoms. The van der Waals surface area contributed by atoms with E-state index in [9.17, 15) is 8.42 Å². The van der Waals surface area contributed by atoms with Crippen LogP contribution in [0.5, 0.6) is 11.5 Å². The fraction of sp³-hybridized carbons (Fsp3) is 0.538. The molecule has 1 aliphatic heterocycles. The maximum absolute atomic E-state index is 11.3. The van der Waals surface area contributed by atoms with Crippen LogP contribution in [0, 0.1) is 0 Å². The zero-order valence-corrected chi connectivity index (χ0v) is 13.7. The summed E-state index contributed by atoms with van der Waals surface area (Å²) in [4.78, 5) is 0. The van der Waals surface area contributed by atoms with E-state index in [1.807, 2.05) is 18.2 Å². The van der Waals surface area contributed by atoms with E-state index in [-0.39, 0.29) is 17.5 Å². The Hall–Kier alpha value is -0.790. The number of ether oxygens (including phenoxy) is 2. The van der Waals surface area contributed by atoms with Gasteiger partial charge in [0.2, 0.25) is 0 Å². The van der Waals surface area contributed by atoms with E-state index in [4.69, 9.17) is 9.47 Å². The first-order valence-electron chi connectivity index (χ1n) is 6.40. The lowest BCUT2D eigenvalue weighted by atomic mass is 10.3. The van der Waals surface area contributed by atoms with Crippen molar-refractivity contribution in [3.05, 3.63) is 22.7 Å². The molecule has 1 heterocycles. The summed E-state index contributed by atoms with van der Waals surface area (Å²) < 4.78 is 34.2.